The number of nitrogens with zero attached hydrogens (tertiary/aromatic N) is 1. The summed E-state index contributed by atoms with van der Waals surface area (Å²) in [6, 6.07) is 0. The number of likely N-dealkylation sites (tertiary alicyclic amines) is 1. The molecule has 0 aromatic carbocycles. The second kappa shape index (κ2) is 5.75. The van der Waals surface area contributed by atoms with Crippen LogP contribution in [0.4, 0.5) is 0 Å². The quantitative estimate of drug-likeness (QED) is 0.782. The van der Waals surface area contributed by atoms with Gasteiger partial charge in [0.1, 0.15) is 0 Å². The minimum absolute atomic E-state index is 0.00335. The molecule has 2 aliphatic heterocycles. The van der Waals surface area contributed by atoms with E-state index in [4.69, 9.17) is 22.7 Å². The summed E-state index contributed by atoms with van der Waals surface area (Å²) in [7, 11) is 0. The van der Waals surface area contributed by atoms with Crippen molar-refractivity contribution in [3.63, 3.8) is 0 Å². The van der Waals surface area contributed by atoms with Crippen LogP contribution >= 0.6 is 12.2 Å². The van der Waals surface area contributed by atoms with Crippen LogP contribution in [0, 0.1) is 17.8 Å². The van der Waals surface area contributed by atoms with Gasteiger partial charge in [-0.1, -0.05) is 19.1 Å². The molecule has 2 N–H and O–H groups in total. The lowest BCUT2D eigenvalue weighted by Gasteiger charge is -2.34. The van der Waals surface area contributed by atoms with E-state index in [2.05, 4.69) is 6.92 Å². The Morgan fingerprint density at radius 2 is 1.79 bits per heavy atom. The van der Waals surface area contributed by atoms with Crippen LogP contribution in [0.1, 0.15) is 33.6 Å². The van der Waals surface area contributed by atoms with E-state index >= 15 is 0 Å². The molecule has 4 unspecified atom stereocenters. The second-order valence-corrected chi connectivity index (χ2v) is 6.40. The number of ether oxygens (including phenoxy) is 1. The fraction of sp³-hybridized carbons (Fsp3) is 0.857. The van der Waals surface area contributed by atoms with Crippen LogP contribution in [0.25, 0.3) is 0 Å². The zero-order chi connectivity index (χ0) is 14.2. The molecule has 2 rings (SSSR count). The molecule has 2 fully saturated rings. The van der Waals surface area contributed by atoms with Crippen LogP contribution < -0.4 is 5.73 Å². The first kappa shape index (κ1) is 14.7. The number of carbonyl (C=O) groups is 1. The molecule has 2 heterocycles. The topological polar surface area (TPSA) is 55.6 Å². The molecule has 2 aliphatic rings. The Labute approximate surface area is 120 Å². The van der Waals surface area contributed by atoms with Gasteiger partial charge in [-0.2, -0.15) is 0 Å². The minimum atomic E-state index is -0.00335. The van der Waals surface area contributed by atoms with Crippen LogP contribution in [-0.2, 0) is 9.53 Å². The number of hydrogen-bond donors (Lipinski definition) is 1. The van der Waals surface area contributed by atoms with E-state index in [9.17, 15) is 4.79 Å². The van der Waals surface area contributed by atoms with Gasteiger partial charge in [-0.25, -0.2) is 0 Å². The number of rotatable bonds is 2. The highest BCUT2D eigenvalue weighted by Crippen LogP contribution is 2.34. The average molecular weight is 284 g/mol. The number of hydrogen-bond acceptors (Lipinski definition) is 3. The van der Waals surface area contributed by atoms with Crippen LogP contribution in [0.2, 0.25) is 0 Å². The zero-order valence-electron chi connectivity index (χ0n) is 12.0. The fourth-order valence-corrected chi connectivity index (χ4v) is 3.52. The lowest BCUT2D eigenvalue weighted by Crippen LogP contribution is -2.46. The largest absolute Gasteiger partial charge is 0.393 e. The van der Waals surface area contributed by atoms with Gasteiger partial charge in [0.25, 0.3) is 0 Å². The highest BCUT2D eigenvalue weighted by atomic mass is 32.1. The molecule has 1 amide bonds. The van der Waals surface area contributed by atoms with Crippen LogP contribution in [0.5, 0.6) is 0 Å². The maximum atomic E-state index is 12.6. The maximum absolute atomic E-state index is 12.6. The van der Waals surface area contributed by atoms with Gasteiger partial charge in [-0.15, -0.1) is 0 Å². The Hall–Kier alpha value is -0.680. The molecule has 0 radical (unpaired) electrons. The predicted octanol–water partition coefficient (Wildman–Crippen LogP) is 1.57. The lowest BCUT2D eigenvalue weighted by atomic mass is 9.87. The highest BCUT2D eigenvalue weighted by Gasteiger charge is 2.43. The maximum Gasteiger partial charge on any atom is 0.228 e. The van der Waals surface area contributed by atoms with E-state index in [1.165, 1.54) is 0 Å². The van der Waals surface area contributed by atoms with Crippen molar-refractivity contribution in [1.29, 1.82) is 0 Å². The summed E-state index contributed by atoms with van der Waals surface area (Å²) >= 11 is 5.03. The standard InChI is InChI=1S/C14H24N2O2S/c1-8-9(2)18-10(3)12(8)14(17)16-6-4-11(5-7-16)13(15)19/h8-12H,4-7H2,1-3H3,(H2,15,19). The monoisotopic (exact) mass is 284 g/mol. The van der Waals surface area contributed by atoms with E-state index in [1.54, 1.807) is 0 Å². The normalized spacial score (nSPS) is 36.5. The highest BCUT2D eigenvalue weighted by molar-refractivity contribution is 7.80. The van der Waals surface area contributed by atoms with Gasteiger partial charge in [0, 0.05) is 19.0 Å². The molecule has 108 valence electrons. The summed E-state index contributed by atoms with van der Waals surface area (Å²) in [6.07, 6.45) is 1.98. The molecule has 0 aromatic heterocycles. The third-order valence-electron chi connectivity index (χ3n) is 4.74. The molecular formula is C14H24N2O2S. The summed E-state index contributed by atoms with van der Waals surface area (Å²) in [5.41, 5.74) is 5.68. The number of amides is 1. The van der Waals surface area contributed by atoms with Crippen molar-refractivity contribution >= 4 is 23.1 Å². The summed E-state index contributed by atoms with van der Waals surface area (Å²) in [5, 5.41) is 0. The number of thiocarbonyl (C=S) groups is 1. The van der Waals surface area contributed by atoms with Crippen molar-refractivity contribution in [1.82, 2.24) is 4.90 Å². The van der Waals surface area contributed by atoms with Crippen molar-refractivity contribution < 1.29 is 9.53 Å². The predicted molar refractivity (Wildman–Crippen MR) is 78.8 cm³/mol. The third kappa shape index (κ3) is 2.92. The molecule has 0 bridgehead atoms. The molecular weight excluding hydrogens is 260 g/mol. The van der Waals surface area contributed by atoms with Crippen molar-refractivity contribution in [2.75, 3.05) is 13.1 Å². The number of carbonyl (C=O) groups excluding carboxylic acids is 1. The van der Waals surface area contributed by atoms with Crippen molar-refractivity contribution in [2.45, 2.75) is 45.8 Å². The molecule has 0 aliphatic carbocycles. The van der Waals surface area contributed by atoms with Crippen molar-refractivity contribution in [3.8, 4) is 0 Å². The Morgan fingerprint density at radius 3 is 2.21 bits per heavy atom. The van der Waals surface area contributed by atoms with E-state index in [0.29, 0.717) is 10.9 Å². The van der Waals surface area contributed by atoms with E-state index < -0.39 is 0 Å². The van der Waals surface area contributed by atoms with E-state index in [0.717, 1.165) is 25.9 Å². The minimum Gasteiger partial charge on any atom is -0.393 e. The van der Waals surface area contributed by atoms with Gasteiger partial charge >= 0.3 is 0 Å². The molecule has 0 spiro atoms. The zero-order valence-corrected chi connectivity index (χ0v) is 12.8. The van der Waals surface area contributed by atoms with Gasteiger partial charge in [0.05, 0.1) is 23.1 Å². The second-order valence-electron chi connectivity index (χ2n) is 5.93. The van der Waals surface area contributed by atoms with E-state index in [1.807, 2.05) is 18.7 Å². The molecule has 5 heteroatoms. The molecule has 0 aromatic rings. The first-order valence-electron chi connectivity index (χ1n) is 7.15. The Kier molecular flexibility index (Phi) is 4.46. The van der Waals surface area contributed by atoms with Crippen LogP contribution in [-0.4, -0.2) is 41.1 Å². The number of nitrogens with two attached hydrogens (primary N) is 1. The first-order chi connectivity index (χ1) is 8.91. The summed E-state index contributed by atoms with van der Waals surface area (Å²) in [5.74, 6) is 0.825. The SMILES string of the molecule is CC1OC(C)C(C(=O)N2CCC(C(N)=S)CC2)C1C. The average Bonchev–Trinajstić information content (AvgIpc) is 2.62. The van der Waals surface area contributed by atoms with Crippen LogP contribution in [0.15, 0.2) is 0 Å². The van der Waals surface area contributed by atoms with Crippen molar-refractivity contribution in [2.24, 2.45) is 23.5 Å². The van der Waals surface area contributed by atoms with Gasteiger partial charge in [0.15, 0.2) is 0 Å². The van der Waals surface area contributed by atoms with E-state index in [-0.39, 0.29) is 30.0 Å². The molecule has 19 heavy (non-hydrogen) atoms. The molecule has 4 atom stereocenters. The summed E-state index contributed by atoms with van der Waals surface area (Å²) < 4.78 is 5.77. The van der Waals surface area contributed by atoms with Crippen molar-refractivity contribution in [3.05, 3.63) is 0 Å². The van der Waals surface area contributed by atoms with Gasteiger partial charge in [-0.3, -0.25) is 4.79 Å². The van der Waals surface area contributed by atoms with Gasteiger partial charge < -0.3 is 15.4 Å². The Balaban J connectivity index is 1.96. The van der Waals surface area contributed by atoms with Gasteiger partial charge in [0.2, 0.25) is 5.91 Å². The molecule has 2 saturated heterocycles. The number of piperidine rings is 1. The third-order valence-corrected chi connectivity index (χ3v) is 5.07. The first-order valence-corrected chi connectivity index (χ1v) is 7.56. The molecule has 4 nitrogen and oxygen atoms in total. The van der Waals surface area contributed by atoms with Crippen LogP contribution in [0.3, 0.4) is 0 Å². The fourth-order valence-electron chi connectivity index (χ4n) is 3.29. The molecule has 0 saturated carbocycles. The Morgan fingerprint density at radius 1 is 1.21 bits per heavy atom. The summed E-state index contributed by atoms with van der Waals surface area (Å²) in [4.78, 5) is 15.2. The lowest BCUT2D eigenvalue weighted by molar-refractivity contribution is -0.139. The smallest absolute Gasteiger partial charge is 0.228 e. The van der Waals surface area contributed by atoms with Gasteiger partial charge in [-0.05, 0) is 32.6 Å². The summed E-state index contributed by atoms with van der Waals surface area (Å²) in [6.45, 7) is 7.70. The Bertz CT molecular complexity index is 366.